The van der Waals surface area contributed by atoms with E-state index in [4.69, 9.17) is 21.1 Å². The maximum atomic E-state index is 12.3. The molecule has 1 N–H and O–H groups in total. The smallest absolute Gasteiger partial charge is 0.265 e. The van der Waals surface area contributed by atoms with E-state index in [2.05, 4.69) is 10.2 Å². The van der Waals surface area contributed by atoms with E-state index in [0.29, 0.717) is 10.8 Å². The Morgan fingerprint density at radius 1 is 1.23 bits per heavy atom. The van der Waals surface area contributed by atoms with Crippen molar-refractivity contribution in [3.63, 3.8) is 0 Å². The minimum absolute atomic E-state index is 0.203. The number of anilines is 1. The third-order valence-electron chi connectivity index (χ3n) is 4.21. The zero-order chi connectivity index (χ0) is 18.4. The molecule has 3 rings (SSSR count). The number of nitrogens with zero attached hydrogens (tertiary/aromatic N) is 1. The molecule has 0 bridgehead atoms. The molecule has 0 unspecified atom stereocenters. The number of halogens is 1. The number of hydrogen-bond acceptors (Lipinski definition) is 4. The van der Waals surface area contributed by atoms with Crippen molar-refractivity contribution in [1.82, 2.24) is 4.90 Å². The maximum Gasteiger partial charge on any atom is 0.265 e. The van der Waals surface area contributed by atoms with Gasteiger partial charge in [0, 0.05) is 30.3 Å². The molecular formula is C20H23ClN2O3. The second-order valence-corrected chi connectivity index (χ2v) is 6.73. The monoisotopic (exact) mass is 374 g/mol. The number of hydrogen-bond donors (Lipinski definition) is 1. The molecule has 2 aromatic rings. The number of benzene rings is 2. The topological polar surface area (TPSA) is 50.8 Å². The summed E-state index contributed by atoms with van der Waals surface area (Å²) in [6, 6.07) is 14.9. The van der Waals surface area contributed by atoms with Gasteiger partial charge in [-0.25, -0.2) is 0 Å². The number of ether oxygens (including phenoxy) is 2. The van der Waals surface area contributed by atoms with Gasteiger partial charge in [-0.15, -0.1) is 0 Å². The van der Waals surface area contributed by atoms with Gasteiger partial charge in [0.1, 0.15) is 5.75 Å². The lowest BCUT2D eigenvalue weighted by atomic mass is 10.2. The second kappa shape index (κ2) is 9.03. The van der Waals surface area contributed by atoms with Crippen LogP contribution in [0.5, 0.6) is 5.75 Å². The highest BCUT2D eigenvalue weighted by Crippen LogP contribution is 2.19. The average molecular weight is 375 g/mol. The standard InChI is InChI=1S/C20H23ClN2O3/c1-15(26-19-4-2-3-17(21)13-19)20(24)22-18-7-5-16(6-8-18)14-23-9-11-25-12-10-23/h2-8,13,15H,9-12,14H2,1H3,(H,22,24)/t15-/m0/s1. The van der Waals surface area contributed by atoms with Crippen LogP contribution >= 0.6 is 11.6 Å². The molecule has 1 heterocycles. The lowest BCUT2D eigenvalue weighted by Gasteiger charge is -2.26. The minimum Gasteiger partial charge on any atom is -0.481 e. The van der Waals surface area contributed by atoms with Gasteiger partial charge < -0.3 is 14.8 Å². The Bertz CT molecular complexity index is 730. The Morgan fingerprint density at radius 3 is 2.65 bits per heavy atom. The van der Waals surface area contributed by atoms with Crippen LogP contribution in [-0.2, 0) is 16.1 Å². The number of nitrogens with one attached hydrogen (secondary N) is 1. The first-order valence-electron chi connectivity index (χ1n) is 8.72. The Balaban J connectivity index is 1.51. The van der Waals surface area contributed by atoms with Crippen molar-refractivity contribution in [1.29, 1.82) is 0 Å². The van der Waals surface area contributed by atoms with E-state index >= 15 is 0 Å². The summed E-state index contributed by atoms with van der Waals surface area (Å²) in [4.78, 5) is 14.7. The Hall–Kier alpha value is -2.08. The minimum atomic E-state index is -0.624. The number of amides is 1. The van der Waals surface area contributed by atoms with Gasteiger partial charge in [0.25, 0.3) is 5.91 Å². The van der Waals surface area contributed by atoms with E-state index < -0.39 is 6.10 Å². The van der Waals surface area contributed by atoms with Gasteiger partial charge in [-0.3, -0.25) is 9.69 Å². The largest absolute Gasteiger partial charge is 0.481 e. The van der Waals surface area contributed by atoms with Crippen LogP contribution in [0.1, 0.15) is 12.5 Å². The summed E-state index contributed by atoms with van der Waals surface area (Å²) >= 11 is 5.93. The summed E-state index contributed by atoms with van der Waals surface area (Å²) in [5, 5.41) is 3.45. The summed E-state index contributed by atoms with van der Waals surface area (Å²) in [6.07, 6.45) is -0.624. The van der Waals surface area contributed by atoms with Gasteiger partial charge in [0.05, 0.1) is 13.2 Å². The van der Waals surface area contributed by atoms with E-state index in [1.54, 1.807) is 31.2 Å². The molecule has 1 fully saturated rings. The molecule has 5 nitrogen and oxygen atoms in total. The van der Waals surface area contributed by atoms with Crippen LogP contribution in [-0.4, -0.2) is 43.2 Å². The van der Waals surface area contributed by atoms with Crippen LogP contribution in [0.25, 0.3) is 0 Å². The summed E-state index contributed by atoms with van der Waals surface area (Å²) in [5.74, 6) is 0.368. The van der Waals surface area contributed by atoms with Gasteiger partial charge in [-0.05, 0) is 42.8 Å². The van der Waals surface area contributed by atoms with Gasteiger partial charge in [0.2, 0.25) is 0 Å². The summed E-state index contributed by atoms with van der Waals surface area (Å²) in [6.45, 7) is 6.10. The lowest BCUT2D eigenvalue weighted by Crippen LogP contribution is -2.35. The first kappa shape index (κ1) is 18.7. The molecule has 6 heteroatoms. The molecule has 26 heavy (non-hydrogen) atoms. The molecule has 0 aromatic heterocycles. The van der Waals surface area contributed by atoms with Gasteiger partial charge >= 0.3 is 0 Å². The molecule has 1 aliphatic heterocycles. The van der Waals surface area contributed by atoms with Crippen molar-refractivity contribution < 1.29 is 14.3 Å². The summed E-state index contributed by atoms with van der Waals surface area (Å²) in [7, 11) is 0. The van der Waals surface area contributed by atoms with Crippen molar-refractivity contribution in [2.24, 2.45) is 0 Å². The third kappa shape index (κ3) is 5.46. The van der Waals surface area contributed by atoms with Crippen LogP contribution in [0.15, 0.2) is 48.5 Å². The van der Waals surface area contributed by atoms with Gasteiger partial charge in [-0.2, -0.15) is 0 Å². The van der Waals surface area contributed by atoms with Crippen molar-refractivity contribution in [2.45, 2.75) is 19.6 Å². The quantitative estimate of drug-likeness (QED) is 0.839. The van der Waals surface area contributed by atoms with Crippen LogP contribution in [0.4, 0.5) is 5.69 Å². The van der Waals surface area contributed by atoms with Crippen LogP contribution in [0.2, 0.25) is 5.02 Å². The van der Waals surface area contributed by atoms with E-state index in [1.807, 2.05) is 24.3 Å². The highest BCUT2D eigenvalue weighted by atomic mass is 35.5. The zero-order valence-corrected chi connectivity index (χ0v) is 15.5. The Kier molecular flexibility index (Phi) is 6.50. The number of rotatable bonds is 6. The number of carbonyl (C=O) groups excluding carboxylic acids is 1. The number of carbonyl (C=O) groups is 1. The molecule has 1 atom stereocenters. The molecule has 138 valence electrons. The predicted octanol–water partition coefficient (Wildman–Crippen LogP) is 3.58. The first-order chi connectivity index (χ1) is 12.6. The second-order valence-electron chi connectivity index (χ2n) is 6.29. The fraction of sp³-hybridized carbons (Fsp3) is 0.350. The Morgan fingerprint density at radius 2 is 1.96 bits per heavy atom. The third-order valence-corrected chi connectivity index (χ3v) is 4.44. The average Bonchev–Trinajstić information content (AvgIpc) is 2.64. The Labute approximate surface area is 158 Å². The first-order valence-corrected chi connectivity index (χ1v) is 9.10. The normalized spacial score (nSPS) is 16.1. The van der Waals surface area contributed by atoms with E-state index in [0.717, 1.165) is 38.5 Å². The van der Waals surface area contributed by atoms with Crippen molar-refractivity contribution in [2.75, 3.05) is 31.6 Å². The van der Waals surface area contributed by atoms with Crippen LogP contribution < -0.4 is 10.1 Å². The zero-order valence-electron chi connectivity index (χ0n) is 14.8. The van der Waals surface area contributed by atoms with Crippen LogP contribution in [0.3, 0.4) is 0 Å². The fourth-order valence-corrected chi connectivity index (χ4v) is 2.93. The van der Waals surface area contributed by atoms with E-state index in [9.17, 15) is 4.79 Å². The van der Waals surface area contributed by atoms with Crippen molar-refractivity contribution in [3.8, 4) is 5.75 Å². The lowest BCUT2D eigenvalue weighted by molar-refractivity contribution is -0.122. The van der Waals surface area contributed by atoms with Crippen molar-refractivity contribution in [3.05, 3.63) is 59.1 Å². The van der Waals surface area contributed by atoms with E-state index in [-0.39, 0.29) is 5.91 Å². The molecule has 1 aliphatic rings. The molecule has 1 saturated heterocycles. The molecule has 0 aliphatic carbocycles. The molecule has 0 spiro atoms. The summed E-state index contributed by atoms with van der Waals surface area (Å²) in [5.41, 5.74) is 1.97. The van der Waals surface area contributed by atoms with Gasteiger partial charge in [-0.1, -0.05) is 29.8 Å². The predicted molar refractivity (Wildman–Crippen MR) is 103 cm³/mol. The highest BCUT2D eigenvalue weighted by Gasteiger charge is 2.15. The molecule has 2 aromatic carbocycles. The SMILES string of the molecule is C[C@H](Oc1cccc(Cl)c1)C(=O)Nc1ccc(CN2CCOCC2)cc1. The molecule has 0 saturated carbocycles. The highest BCUT2D eigenvalue weighted by molar-refractivity contribution is 6.30. The van der Waals surface area contributed by atoms with Crippen molar-refractivity contribution >= 4 is 23.2 Å². The van der Waals surface area contributed by atoms with E-state index in [1.165, 1.54) is 5.56 Å². The van der Waals surface area contributed by atoms with Crippen LogP contribution in [0, 0.1) is 0 Å². The molecular weight excluding hydrogens is 352 g/mol. The summed E-state index contributed by atoms with van der Waals surface area (Å²) < 4.78 is 11.0. The molecule has 0 radical (unpaired) electrons. The maximum absolute atomic E-state index is 12.3. The molecule has 1 amide bonds. The fourth-order valence-electron chi connectivity index (χ4n) is 2.75. The van der Waals surface area contributed by atoms with Gasteiger partial charge in [0.15, 0.2) is 6.10 Å². The number of morpholine rings is 1.